The zero-order valence-electron chi connectivity index (χ0n) is 17.8. The Labute approximate surface area is 187 Å². The van der Waals surface area contributed by atoms with Gasteiger partial charge in [0, 0.05) is 29.4 Å². The molecule has 7 nitrogen and oxygen atoms in total. The summed E-state index contributed by atoms with van der Waals surface area (Å²) in [6, 6.07) is 21.3. The van der Waals surface area contributed by atoms with Crippen molar-refractivity contribution < 1.29 is 18.0 Å². The van der Waals surface area contributed by atoms with Crippen LogP contribution in [0.5, 0.6) is 0 Å². The molecule has 3 rings (SSSR count). The Morgan fingerprint density at radius 2 is 1.44 bits per heavy atom. The Morgan fingerprint density at radius 1 is 0.844 bits per heavy atom. The smallest absolute Gasteiger partial charge is 0.261 e. The van der Waals surface area contributed by atoms with Crippen LogP contribution in [0.2, 0.25) is 0 Å². The lowest BCUT2D eigenvalue weighted by Gasteiger charge is -2.14. The molecule has 0 saturated carbocycles. The number of benzene rings is 3. The third-order valence-corrected chi connectivity index (χ3v) is 6.05. The van der Waals surface area contributed by atoms with Crippen molar-refractivity contribution in [2.75, 3.05) is 10.0 Å². The highest BCUT2D eigenvalue weighted by molar-refractivity contribution is 7.92. The van der Waals surface area contributed by atoms with E-state index in [4.69, 9.17) is 0 Å². The molecule has 1 unspecified atom stereocenters. The highest BCUT2D eigenvalue weighted by atomic mass is 32.2. The van der Waals surface area contributed by atoms with Crippen molar-refractivity contribution in [3.63, 3.8) is 0 Å². The molecule has 8 heteroatoms. The molecular weight excluding hydrogens is 426 g/mol. The van der Waals surface area contributed by atoms with Crippen molar-refractivity contribution in [1.29, 1.82) is 0 Å². The van der Waals surface area contributed by atoms with Crippen LogP contribution < -0.4 is 15.4 Å². The maximum absolute atomic E-state index is 12.5. The maximum Gasteiger partial charge on any atom is 0.261 e. The van der Waals surface area contributed by atoms with Gasteiger partial charge in [0.15, 0.2) is 0 Å². The van der Waals surface area contributed by atoms with Crippen LogP contribution in [0.1, 0.15) is 29.3 Å². The van der Waals surface area contributed by atoms with E-state index < -0.39 is 10.0 Å². The van der Waals surface area contributed by atoms with Gasteiger partial charge in [-0.2, -0.15) is 0 Å². The number of hydrogen-bond donors (Lipinski definition) is 3. The van der Waals surface area contributed by atoms with Gasteiger partial charge in [0.05, 0.1) is 4.90 Å². The number of nitrogens with one attached hydrogen (secondary N) is 3. The number of sulfonamides is 1. The minimum Gasteiger partial charge on any atom is -0.349 e. The number of rotatable bonds is 8. The zero-order valence-corrected chi connectivity index (χ0v) is 18.6. The van der Waals surface area contributed by atoms with Crippen LogP contribution in [0.3, 0.4) is 0 Å². The van der Waals surface area contributed by atoms with Crippen molar-refractivity contribution in [2.45, 2.75) is 31.2 Å². The Kier molecular flexibility index (Phi) is 7.27. The normalized spacial score (nSPS) is 11.9. The van der Waals surface area contributed by atoms with Crippen LogP contribution in [0, 0.1) is 6.92 Å². The second-order valence-electron chi connectivity index (χ2n) is 7.49. The molecule has 0 bridgehead atoms. The van der Waals surface area contributed by atoms with Crippen molar-refractivity contribution in [2.24, 2.45) is 0 Å². The van der Waals surface area contributed by atoms with Gasteiger partial charge in [-0.05, 0) is 62.4 Å². The molecule has 166 valence electrons. The Morgan fingerprint density at radius 3 is 2.06 bits per heavy atom. The molecule has 3 N–H and O–H groups in total. The van der Waals surface area contributed by atoms with E-state index in [-0.39, 0.29) is 29.2 Å². The first-order valence-electron chi connectivity index (χ1n) is 10.1. The summed E-state index contributed by atoms with van der Waals surface area (Å²) in [4.78, 5) is 24.6. The first-order chi connectivity index (χ1) is 15.2. The molecule has 0 fully saturated rings. The van der Waals surface area contributed by atoms with E-state index in [0.717, 1.165) is 5.56 Å². The Hall–Kier alpha value is -3.65. The van der Waals surface area contributed by atoms with Gasteiger partial charge in [-0.15, -0.1) is 0 Å². The molecule has 32 heavy (non-hydrogen) atoms. The summed E-state index contributed by atoms with van der Waals surface area (Å²) in [7, 11) is -3.69. The zero-order chi connectivity index (χ0) is 23.1. The molecule has 0 aromatic heterocycles. The van der Waals surface area contributed by atoms with Crippen LogP contribution in [0.25, 0.3) is 0 Å². The van der Waals surface area contributed by atoms with Crippen molar-refractivity contribution in [3.05, 3.63) is 90.0 Å². The molecule has 0 saturated heterocycles. The fraction of sp³-hybridized carbons (Fsp3) is 0.167. The summed E-state index contributed by atoms with van der Waals surface area (Å²) in [6.07, 6.45) is 0.0976. The Bertz CT molecular complexity index is 1180. The van der Waals surface area contributed by atoms with E-state index in [1.165, 1.54) is 0 Å². The average Bonchev–Trinajstić information content (AvgIpc) is 2.75. The first-order valence-corrected chi connectivity index (χ1v) is 11.6. The summed E-state index contributed by atoms with van der Waals surface area (Å²) < 4.78 is 27.5. The molecule has 0 spiro atoms. The van der Waals surface area contributed by atoms with Crippen LogP contribution in [0.4, 0.5) is 11.4 Å². The molecule has 0 heterocycles. The summed E-state index contributed by atoms with van der Waals surface area (Å²) in [5.41, 5.74) is 2.41. The van der Waals surface area contributed by atoms with Crippen molar-refractivity contribution in [1.82, 2.24) is 5.32 Å². The SMILES string of the molecule is Cc1ccc(S(=O)(=O)Nc2ccc(NC(=O)CC(C)NC(=O)c3ccccc3)cc2)cc1. The summed E-state index contributed by atoms with van der Waals surface area (Å²) in [5, 5.41) is 5.54. The number of carbonyl (C=O) groups is 2. The van der Waals surface area contributed by atoms with Gasteiger partial charge in [-0.1, -0.05) is 35.9 Å². The molecule has 0 aliphatic heterocycles. The van der Waals surface area contributed by atoms with E-state index in [9.17, 15) is 18.0 Å². The highest BCUT2D eigenvalue weighted by Gasteiger charge is 2.15. The number of aryl methyl sites for hydroxylation is 1. The van der Waals surface area contributed by atoms with Gasteiger partial charge in [-0.25, -0.2) is 8.42 Å². The van der Waals surface area contributed by atoms with E-state index in [1.54, 1.807) is 79.7 Å². The lowest BCUT2D eigenvalue weighted by molar-refractivity contribution is -0.116. The minimum atomic E-state index is -3.69. The fourth-order valence-electron chi connectivity index (χ4n) is 2.99. The standard InChI is InChI=1S/C24H25N3O4S/c1-17-8-14-22(15-9-17)32(30,31)27-21-12-10-20(11-13-21)26-23(28)16-18(2)25-24(29)19-6-4-3-5-7-19/h3-15,18,27H,16H2,1-2H3,(H,25,29)(H,26,28). The van der Waals surface area contributed by atoms with Crippen LogP contribution in [-0.4, -0.2) is 26.3 Å². The quantitative estimate of drug-likeness (QED) is 0.482. The first kappa shape index (κ1) is 23.0. The third kappa shape index (κ3) is 6.42. The highest BCUT2D eigenvalue weighted by Crippen LogP contribution is 2.19. The van der Waals surface area contributed by atoms with Gasteiger partial charge in [0.1, 0.15) is 0 Å². The maximum atomic E-state index is 12.5. The van der Waals surface area contributed by atoms with Gasteiger partial charge < -0.3 is 10.6 Å². The second-order valence-corrected chi connectivity index (χ2v) is 9.17. The number of carbonyl (C=O) groups excluding carboxylic acids is 2. The molecule has 2 amide bonds. The summed E-state index contributed by atoms with van der Waals surface area (Å²) in [5.74, 6) is -0.505. The summed E-state index contributed by atoms with van der Waals surface area (Å²) in [6.45, 7) is 3.64. The van der Waals surface area contributed by atoms with Gasteiger partial charge >= 0.3 is 0 Å². The molecule has 3 aromatic carbocycles. The second kappa shape index (κ2) is 10.1. The molecule has 0 aliphatic carbocycles. The van der Waals surface area contributed by atoms with Crippen LogP contribution in [0.15, 0.2) is 83.8 Å². The number of anilines is 2. The Balaban J connectivity index is 1.53. The van der Waals surface area contributed by atoms with Gasteiger partial charge in [-0.3, -0.25) is 14.3 Å². The van der Waals surface area contributed by atoms with Crippen LogP contribution in [-0.2, 0) is 14.8 Å². The van der Waals surface area contributed by atoms with Crippen LogP contribution >= 0.6 is 0 Å². The average molecular weight is 452 g/mol. The van der Waals surface area contributed by atoms with E-state index in [2.05, 4.69) is 15.4 Å². The monoisotopic (exact) mass is 451 g/mol. The third-order valence-electron chi connectivity index (χ3n) is 4.66. The number of hydrogen-bond acceptors (Lipinski definition) is 4. The van der Waals surface area contributed by atoms with E-state index in [0.29, 0.717) is 16.9 Å². The molecule has 0 radical (unpaired) electrons. The number of amides is 2. The van der Waals surface area contributed by atoms with Gasteiger partial charge in [0.2, 0.25) is 5.91 Å². The predicted octanol–water partition coefficient (Wildman–Crippen LogP) is 3.94. The lowest BCUT2D eigenvalue weighted by Crippen LogP contribution is -2.35. The molecule has 3 aromatic rings. The summed E-state index contributed by atoms with van der Waals surface area (Å²) >= 11 is 0. The van der Waals surface area contributed by atoms with Gasteiger partial charge in [0.25, 0.3) is 15.9 Å². The fourth-order valence-corrected chi connectivity index (χ4v) is 4.05. The van der Waals surface area contributed by atoms with Crippen molar-refractivity contribution in [3.8, 4) is 0 Å². The molecule has 0 aliphatic rings. The lowest BCUT2D eigenvalue weighted by atomic mass is 10.1. The van der Waals surface area contributed by atoms with E-state index >= 15 is 0 Å². The van der Waals surface area contributed by atoms with E-state index in [1.807, 2.05) is 13.0 Å². The minimum absolute atomic E-state index is 0.0976. The topological polar surface area (TPSA) is 104 Å². The predicted molar refractivity (Wildman–Crippen MR) is 125 cm³/mol. The molecule has 1 atom stereocenters. The molecular formula is C24H25N3O4S. The largest absolute Gasteiger partial charge is 0.349 e. The van der Waals surface area contributed by atoms with Crippen molar-refractivity contribution >= 4 is 33.2 Å².